The topological polar surface area (TPSA) is 111 Å². The molecule has 0 aromatic heterocycles. The van der Waals surface area contributed by atoms with E-state index in [9.17, 15) is 18.4 Å². The Balaban J connectivity index is 1.46. The molecule has 9 nitrogen and oxygen atoms in total. The van der Waals surface area contributed by atoms with Gasteiger partial charge in [-0.05, 0) is 63.6 Å². The molecule has 3 N–H and O–H groups in total. The lowest BCUT2D eigenvalue weighted by atomic mass is 9.85. The van der Waals surface area contributed by atoms with Crippen molar-refractivity contribution < 1.29 is 23.2 Å². The van der Waals surface area contributed by atoms with Crippen LogP contribution in [0.2, 0.25) is 0 Å². The molecule has 2 aliphatic rings. The second kappa shape index (κ2) is 9.51. The number of anilines is 1. The molecular weight excluding hydrogens is 480 g/mol. The monoisotopic (exact) mass is 514 g/mol. The summed E-state index contributed by atoms with van der Waals surface area (Å²) < 4.78 is 34.7. The van der Waals surface area contributed by atoms with Gasteiger partial charge < -0.3 is 9.64 Å². The molecule has 0 radical (unpaired) electrons. The summed E-state index contributed by atoms with van der Waals surface area (Å²) in [7, 11) is -1.97. The Labute approximate surface area is 212 Å². The molecule has 4 rings (SSSR count). The van der Waals surface area contributed by atoms with E-state index in [4.69, 9.17) is 4.74 Å². The molecule has 10 heteroatoms. The molecule has 2 aliphatic heterocycles. The maximum absolute atomic E-state index is 13.1. The zero-order chi connectivity index (χ0) is 26.3. The van der Waals surface area contributed by atoms with E-state index in [0.29, 0.717) is 12.4 Å². The van der Waals surface area contributed by atoms with E-state index in [1.165, 1.54) is 12.1 Å². The summed E-state index contributed by atoms with van der Waals surface area (Å²) in [6.07, 6.45) is 2.16. The van der Waals surface area contributed by atoms with Gasteiger partial charge in [0.25, 0.3) is 5.91 Å². The minimum absolute atomic E-state index is 0.00616. The minimum Gasteiger partial charge on any atom is -0.489 e. The molecule has 2 aromatic carbocycles. The van der Waals surface area contributed by atoms with Crippen LogP contribution in [0.25, 0.3) is 5.57 Å². The number of para-hydroxylation sites is 1. The van der Waals surface area contributed by atoms with Crippen molar-refractivity contribution in [3.63, 3.8) is 0 Å². The number of likely N-dealkylation sites (N-methyl/N-ethyl adjacent to an activating group) is 1. The number of likely N-dealkylation sites (tertiary alicyclic amines) is 1. The van der Waals surface area contributed by atoms with Gasteiger partial charge in [0.1, 0.15) is 17.9 Å². The average Bonchev–Trinajstić information content (AvgIpc) is 2.81. The second-order valence-corrected chi connectivity index (χ2v) is 12.2. The Morgan fingerprint density at radius 1 is 1.14 bits per heavy atom. The predicted molar refractivity (Wildman–Crippen MR) is 139 cm³/mol. The molecule has 194 valence electrons. The first kappa shape index (κ1) is 26.2. The molecule has 0 spiro atoms. The fourth-order valence-corrected chi connectivity index (χ4v) is 5.87. The number of amides is 1. The van der Waals surface area contributed by atoms with Crippen LogP contribution in [0.5, 0.6) is 5.75 Å². The number of hydrogen-bond acceptors (Lipinski definition) is 7. The van der Waals surface area contributed by atoms with Gasteiger partial charge in [-0.1, -0.05) is 24.3 Å². The summed E-state index contributed by atoms with van der Waals surface area (Å²) in [5, 5.41) is 9.21. The highest BCUT2D eigenvalue weighted by Gasteiger charge is 2.54. The Kier molecular flexibility index (Phi) is 6.91. The van der Waals surface area contributed by atoms with Gasteiger partial charge in [-0.3, -0.25) is 14.9 Å². The summed E-state index contributed by atoms with van der Waals surface area (Å²) in [4.78, 5) is 16.5. The lowest BCUT2D eigenvalue weighted by Crippen LogP contribution is -2.78. The smallest absolute Gasteiger partial charge is 0.267 e. The molecule has 1 saturated heterocycles. The van der Waals surface area contributed by atoms with Gasteiger partial charge in [-0.15, -0.1) is 0 Å². The third-order valence-corrected chi connectivity index (χ3v) is 8.50. The maximum Gasteiger partial charge on any atom is 0.267 e. The van der Waals surface area contributed by atoms with Crippen molar-refractivity contribution in [2.75, 3.05) is 31.6 Å². The zero-order valence-electron chi connectivity index (χ0n) is 21.3. The number of benzene rings is 2. The van der Waals surface area contributed by atoms with Gasteiger partial charge in [0.05, 0.1) is 4.90 Å². The van der Waals surface area contributed by atoms with Gasteiger partial charge in [-0.25, -0.2) is 13.9 Å². The van der Waals surface area contributed by atoms with E-state index in [0.717, 1.165) is 16.8 Å². The van der Waals surface area contributed by atoms with Crippen LogP contribution >= 0.6 is 0 Å². The second-order valence-electron chi connectivity index (χ2n) is 10.5. The van der Waals surface area contributed by atoms with Crippen molar-refractivity contribution in [2.45, 2.75) is 49.7 Å². The number of carbonyl (C=O) groups is 1. The molecule has 0 saturated carbocycles. The van der Waals surface area contributed by atoms with Crippen molar-refractivity contribution in [2.24, 2.45) is 0 Å². The first-order valence-electron chi connectivity index (χ1n) is 11.9. The molecule has 1 fully saturated rings. The number of fused-ring (bicyclic) bond motifs is 1. The first-order chi connectivity index (χ1) is 16.9. The summed E-state index contributed by atoms with van der Waals surface area (Å²) in [6.45, 7) is 8.68. The van der Waals surface area contributed by atoms with E-state index in [-0.39, 0.29) is 29.6 Å². The molecule has 1 unspecified atom stereocenters. The largest absolute Gasteiger partial charge is 0.489 e. The molecule has 1 atom stereocenters. The van der Waals surface area contributed by atoms with E-state index in [1.807, 2.05) is 37.8 Å². The number of rotatable bonds is 7. The summed E-state index contributed by atoms with van der Waals surface area (Å²) in [6, 6.07) is 14.5. The van der Waals surface area contributed by atoms with Crippen LogP contribution in [-0.4, -0.2) is 68.3 Å². The molecule has 0 aliphatic carbocycles. The van der Waals surface area contributed by atoms with E-state index in [1.54, 1.807) is 17.6 Å². The Bertz CT molecular complexity index is 1260. The third-order valence-electron chi connectivity index (χ3n) is 6.95. The number of hydroxylamine groups is 1. The highest BCUT2D eigenvalue weighted by molar-refractivity contribution is 7.89. The number of sulfonamides is 1. The number of carbonyl (C=O) groups excluding carboxylic acids is 1. The predicted octanol–water partition coefficient (Wildman–Crippen LogP) is 2.62. The van der Waals surface area contributed by atoms with Crippen LogP contribution < -0.4 is 19.8 Å². The lowest BCUT2D eigenvalue weighted by Gasteiger charge is -2.53. The lowest BCUT2D eigenvalue weighted by molar-refractivity contribution is -0.145. The molecule has 0 bridgehead atoms. The zero-order valence-corrected chi connectivity index (χ0v) is 22.1. The van der Waals surface area contributed by atoms with E-state index < -0.39 is 21.5 Å². The van der Waals surface area contributed by atoms with E-state index in [2.05, 4.69) is 41.8 Å². The van der Waals surface area contributed by atoms with Gasteiger partial charge in [-0.2, -0.15) is 4.72 Å². The van der Waals surface area contributed by atoms with Crippen LogP contribution in [0.4, 0.5) is 5.69 Å². The SMILES string of the molecule is CC1C=C(COc2ccc(S(=O)(=O)NC3(C(=O)NO)CN(C(C)(C)C)C3)cc2)c2ccccc2N1C. The van der Waals surface area contributed by atoms with E-state index >= 15 is 0 Å². The van der Waals surface area contributed by atoms with Crippen LogP contribution in [0.3, 0.4) is 0 Å². The van der Waals surface area contributed by atoms with Gasteiger partial charge >= 0.3 is 0 Å². The Hall–Kier alpha value is -2.92. The van der Waals surface area contributed by atoms with Crippen LogP contribution in [0.1, 0.15) is 33.3 Å². The van der Waals surface area contributed by atoms with Gasteiger partial charge in [0.2, 0.25) is 10.0 Å². The molecule has 2 heterocycles. The summed E-state index contributed by atoms with van der Waals surface area (Å²) in [5.74, 6) is -0.253. The highest BCUT2D eigenvalue weighted by Crippen LogP contribution is 2.34. The third kappa shape index (κ3) is 4.99. The van der Waals surface area contributed by atoms with Crippen LogP contribution in [0.15, 0.2) is 59.5 Å². The number of nitrogens with zero attached hydrogens (tertiary/aromatic N) is 2. The average molecular weight is 515 g/mol. The minimum atomic E-state index is -4.03. The standard InChI is InChI=1S/C26H34N4O5S/c1-18-14-19(22-8-6-7-9-23(22)29(18)5)15-35-20-10-12-21(13-11-20)36(33,34)28-26(24(31)27-32)16-30(17-26)25(2,3)4/h6-14,18,28,32H,15-17H2,1-5H3,(H,27,31). The first-order valence-corrected chi connectivity index (χ1v) is 13.3. The van der Waals surface area contributed by atoms with Crippen LogP contribution in [0, 0.1) is 0 Å². The van der Waals surface area contributed by atoms with Crippen molar-refractivity contribution in [1.82, 2.24) is 15.1 Å². The normalized spacial score (nSPS) is 19.7. The number of ether oxygens (including phenoxy) is 1. The highest BCUT2D eigenvalue weighted by atomic mass is 32.2. The quantitative estimate of drug-likeness (QED) is 0.385. The number of nitrogens with one attached hydrogen (secondary N) is 2. The van der Waals surface area contributed by atoms with Crippen molar-refractivity contribution >= 4 is 27.2 Å². The van der Waals surface area contributed by atoms with Crippen molar-refractivity contribution in [1.29, 1.82) is 0 Å². The van der Waals surface area contributed by atoms with Crippen LogP contribution in [-0.2, 0) is 14.8 Å². The molecule has 36 heavy (non-hydrogen) atoms. The fourth-order valence-electron chi connectivity index (χ4n) is 4.52. The maximum atomic E-state index is 13.1. The summed E-state index contributed by atoms with van der Waals surface area (Å²) >= 11 is 0. The molecular formula is C26H34N4O5S. The molecule has 2 aromatic rings. The number of hydrogen-bond donors (Lipinski definition) is 3. The Morgan fingerprint density at radius 3 is 2.39 bits per heavy atom. The van der Waals surface area contributed by atoms with Crippen molar-refractivity contribution in [3.05, 3.63) is 60.2 Å². The molecule has 1 amide bonds. The van der Waals surface area contributed by atoms with Crippen molar-refractivity contribution in [3.8, 4) is 5.75 Å². The fraction of sp³-hybridized carbons (Fsp3) is 0.423. The Morgan fingerprint density at radius 2 is 1.78 bits per heavy atom. The van der Waals surface area contributed by atoms with Gasteiger partial charge in [0, 0.05) is 43.0 Å². The summed E-state index contributed by atoms with van der Waals surface area (Å²) in [5.41, 5.74) is 3.23. The van der Waals surface area contributed by atoms with Gasteiger partial charge in [0.15, 0.2) is 0 Å².